The van der Waals surface area contributed by atoms with Gasteiger partial charge in [0.25, 0.3) is 0 Å². The zero-order valence-corrected chi connectivity index (χ0v) is 16.9. The molecular formula is C21H24ClNO4. The molecule has 0 radical (unpaired) electrons. The predicted molar refractivity (Wildman–Crippen MR) is 108 cm³/mol. The van der Waals surface area contributed by atoms with Crippen LogP contribution in [0.4, 0.5) is 0 Å². The molecule has 27 heavy (non-hydrogen) atoms. The Hall–Kier alpha value is -2.66. The minimum Gasteiger partial charge on any atom is -0.496 e. The summed E-state index contributed by atoms with van der Waals surface area (Å²) >= 11 is 5.93. The van der Waals surface area contributed by atoms with E-state index in [4.69, 9.17) is 25.8 Å². The van der Waals surface area contributed by atoms with Gasteiger partial charge in [-0.1, -0.05) is 23.7 Å². The van der Waals surface area contributed by atoms with Gasteiger partial charge < -0.3 is 19.1 Å². The van der Waals surface area contributed by atoms with Crippen molar-refractivity contribution in [3.05, 3.63) is 58.6 Å². The van der Waals surface area contributed by atoms with E-state index < -0.39 is 0 Å². The van der Waals surface area contributed by atoms with Gasteiger partial charge in [-0.3, -0.25) is 4.79 Å². The predicted octanol–water partition coefficient (Wildman–Crippen LogP) is 4.60. The van der Waals surface area contributed by atoms with Crippen LogP contribution in [-0.2, 0) is 4.79 Å². The van der Waals surface area contributed by atoms with Gasteiger partial charge in [-0.25, -0.2) is 0 Å². The molecule has 0 heterocycles. The standard InChI is InChI=1S/C21H24ClNO4/c1-14(15-6-9-17(22)10-7-15)23(2)21(24)11-8-16-12-19(26-4)20(27-5)13-18(16)25-3/h6-14H,1-5H3/b11-8+. The molecule has 0 spiro atoms. The Balaban J connectivity index is 2.21. The Labute approximate surface area is 165 Å². The Morgan fingerprint density at radius 1 is 1.00 bits per heavy atom. The average molecular weight is 390 g/mol. The molecule has 5 nitrogen and oxygen atoms in total. The molecule has 0 aromatic heterocycles. The maximum atomic E-state index is 12.6. The quantitative estimate of drug-likeness (QED) is 0.649. The third-order valence-electron chi connectivity index (χ3n) is 4.42. The molecule has 2 aromatic carbocycles. The molecule has 0 aliphatic carbocycles. The normalized spacial score (nSPS) is 11.9. The number of methoxy groups -OCH3 is 3. The minimum absolute atomic E-state index is 0.0910. The molecule has 0 bridgehead atoms. The average Bonchev–Trinajstić information content (AvgIpc) is 2.70. The van der Waals surface area contributed by atoms with E-state index in [1.54, 1.807) is 51.5 Å². The number of hydrogen-bond donors (Lipinski definition) is 0. The smallest absolute Gasteiger partial charge is 0.246 e. The molecule has 144 valence electrons. The highest BCUT2D eigenvalue weighted by Gasteiger charge is 2.16. The summed E-state index contributed by atoms with van der Waals surface area (Å²) in [4.78, 5) is 14.3. The van der Waals surface area contributed by atoms with Gasteiger partial charge in [-0.2, -0.15) is 0 Å². The molecule has 0 aliphatic rings. The molecule has 1 amide bonds. The van der Waals surface area contributed by atoms with Crippen molar-refractivity contribution < 1.29 is 19.0 Å². The van der Waals surface area contributed by atoms with E-state index >= 15 is 0 Å². The first kappa shape index (κ1) is 20.6. The van der Waals surface area contributed by atoms with Crippen LogP contribution in [-0.4, -0.2) is 39.2 Å². The van der Waals surface area contributed by atoms with Crippen molar-refractivity contribution in [2.24, 2.45) is 0 Å². The first-order valence-electron chi connectivity index (χ1n) is 8.41. The number of likely N-dealkylation sites (N-methyl/N-ethyl adjacent to an activating group) is 1. The second-order valence-corrected chi connectivity index (χ2v) is 6.40. The van der Waals surface area contributed by atoms with Crippen LogP contribution >= 0.6 is 11.6 Å². The number of rotatable bonds is 7. The zero-order chi connectivity index (χ0) is 20.0. The van der Waals surface area contributed by atoms with Crippen LogP contribution in [0, 0.1) is 0 Å². The van der Waals surface area contributed by atoms with E-state index in [9.17, 15) is 4.79 Å². The summed E-state index contributed by atoms with van der Waals surface area (Å²) < 4.78 is 16.0. The number of nitrogens with zero attached hydrogens (tertiary/aromatic N) is 1. The maximum Gasteiger partial charge on any atom is 0.246 e. The van der Waals surface area contributed by atoms with Gasteiger partial charge in [0, 0.05) is 29.8 Å². The Kier molecular flexibility index (Phi) is 7.13. The number of carbonyl (C=O) groups is 1. The lowest BCUT2D eigenvalue weighted by atomic mass is 10.1. The van der Waals surface area contributed by atoms with Crippen molar-refractivity contribution in [1.82, 2.24) is 4.90 Å². The number of halogens is 1. The number of amides is 1. The number of carbonyl (C=O) groups excluding carboxylic acids is 1. The lowest BCUT2D eigenvalue weighted by Crippen LogP contribution is -2.27. The van der Waals surface area contributed by atoms with Gasteiger partial charge in [0.05, 0.1) is 27.4 Å². The fourth-order valence-electron chi connectivity index (χ4n) is 2.62. The molecule has 0 saturated carbocycles. The Morgan fingerprint density at radius 3 is 2.11 bits per heavy atom. The van der Waals surface area contributed by atoms with Crippen LogP contribution in [0.1, 0.15) is 24.1 Å². The van der Waals surface area contributed by atoms with Crippen LogP contribution in [0.2, 0.25) is 5.02 Å². The van der Waals surface area contributed by atoms with Crippen molar-refractivity contribution in [2.45, 2.75) is 13.0 Å². The van der Waals surface area contributed by atoms with Crippen LogP contribution in [0.5, 0.6) is 17.2 Å². The van der Waals surface area contributed by atoms with Crippen LogP contribution in [0.15, 0.2) is 42.5 Å². The number of ether oxygens (including phenoxy) is 3. The molecule has 0 saturated heterocycles. The first-order chi connectivity index (χ1) is 12.9. The molecular weight excluding hydrogens is 366 g/mol. The van der Waals surface area contributed by atoms with Crippen molar-refractivity contribution in [3.8, 4) is 17.2 Å². The summed E-state index contributed by atoms with van der Waals surface area (Å²) in [5.74, 6) is 1.58. The third-order valence-corrected chi connectivity index (χ3v) is 4.67. The molecule has 0 aliphatic heterocycles. The topological polar surface area (TPSA) is 48.0 Å². The second-order valence-electron chi connectivity index (χ2n) is 5.96. The SMILES string of the molecule is COc1cc(OC)c(OC)cc1/C=C/C(=O)N(C)C(C)c1ccc(Cl)cc1. The summed E-state index contributed by atoms with van der Waals surface area (Å²) in [6.45, 7) is 1.96. The molecule has 6 heteroatoms. The van der Waals surface area contributed by atoms with E-state index in [1.165, 1.54) is 6.08 Å². The van der Waals surface area contributed by atoms with Crippen molar-refractivity contribution >= 4 is 23.6 Å². The lowest BCUT2D eigenvalue weighted by molar-refractivity contribution is -0.126. The van der Waals surface area contributed by atoms with Gasteiger partial charge >= 0.3 is 0 Å². The largest absolute Gasteiger partial charge is 0.496 e. The Bertz CT molecular complexity index is 818. The fraction of sp³-hybridized carbons (Fsp3) is 0.286. The van der Waals surface area contributed by atoms with Gasteiger partial charge in [-0.15, -0.1) is 0 Å². The first-order valence-corrected chi connectivity index (χ1v) is 8.79. The van der Waals surface area contributed by atoms with Gasteiger partial charge in [-0.05, 0) is 36.8 Å². The number of hydrogen-bond acceptors (Lipinski definition) is 4. The van der Waals surface area contributed by atoms with Crippen LogP contribution < -0.4 is 14.2 Å². The molecule has 0 N–H and O–H groups in total. The Morgan fingerprint density at radius 2 is 1.56 bits per heavy atom. The molecule has 1 atom stereocenters. The summed E-state index contributed by atoms with van der Waals surface area (Å²) in [5, 5.41) is 0.667. The maximum absolute atomic E-state index is 12.6. The summed E-state index contributed by atoms with van der Waals surface area (Å²) in [6, 6.07) is 10.9. The highest BCUT2D eigenvalue weighted by Crippen LogP contribution is 2.35. The monoisotopic (exact) mass is 389 g/mol. The highest BCUT2D eigenvalue weighted by molar-refractivity contribution is 6.30. The van der Waals surface area contributed by atoms with Gasteiger partial charge in [0.2, 0.25) is 5.91 Å². The van der Waals surface area contributed by atoms with E-state index in [0.717, 1.165) is 11.1 Å². The summed E-state index contributed by atoms with van der Waals surface area (Å²) in [7, 11) is 6.45. The van der Waals surface area contributed by atoms with E-state index in [1.807, 2.05) is 31.2 Å². The number of benzene rings is 2. The summed E-state index contributed by atoms with van der Waals surface area (Å²) in [5.41, 5.74) is 1.73. The van der Waals surface area contributed by atoms with E-state index in [-0.39, 0.29) is 11.9 Å². The van der Waals surface area contributed by atoms with Crippen molar-refractivity contribution in [3.63, 3.8) is 0 Å². The summed E-state index contributed by atoms with van der Waals surface area (Å²) in [6.07, 6.45) is 3.21. The second kappa shape index (κ2) is 9.33. The molecule has 0 fully saturated rings. The lowest BCUT2D eigenvalue weighted by Gasteiger charge is -2.24. The van der Waals surface area contributed by atoms with Crippen LogP contribution in [0.25, 0.3) is 6.08 Å². The van der Waals surface area contributed by atoms with Gasteiger partial charge in [0.1, 0.15) is 5.75 Å². The van der Waals surface area contributed by atoms with Crippen molar-refractivity contribution in [2.75, 3.05) is 28.4 Å². The minimum atomic E-state index is -0.130. The fourth-order valence-corrected chi connectivity index (χ4v) is 2.74. The molecule has 1 unspecified atom stereocenters. The highest BCUT2D eigenvalue weighted by atomic mass is 35.5. The van der Waals surface area contributed by atoms with Gasteiger partial charge in [0.15, 0.2) is 11.5 Å². The molecule has 2 aromatic rings. The molecule has 2 rings (SSSR count). The zero-order valence-electron chi connectivity index (χ0n) is 16.2. The van der Waals surface area contributed by atoms with Crippen LogP contribution in [0.3, 0.4) is 0 Å². The van der Waals surface area contributed by atoms with Crippen molar-refractivity contribution in [1.29, 1.82) is 0 Å². The third kappa shape index (κ3) is 4.95. The van der Waals surface area contributed by atoms with E-state index in [2.05, 4.69) is 0 Å². The van der Waals surface area contributed by atoms with E-state index in [0.29, 0.717) is 22.3 Å².